The molecule has 172 valence electrons. The van der Waals surface area contributed by atoms with Crippen molar-refractivity contribution >= 4 is 39.6 Å². The number of hydrogen-bond acceptors (Lipinski definition) is 5. The number of benzene rings is 3. The Hall–Kier alpha value is -4.09. The number of nitriles is 1. The first-order valence-electron chi connectivity index (χ1n) is 10.3. The van der Waals surface area contributed by atoms with E-state index in [2.05, 4.69) is 21.2 Å². The second kappa shape index (κ2) is 11.7. The number of halogens is 1. The zero-order valence-electron chi connectivity index (χ0n) is 18.2. The smallest absolute Gasteiger partial charge is 0.335 e. The van der Waals surface area contributed by atoms with E-state index in [0.717, 1.165) is 10.0 Å². The molecule has 0 saturated heterocycles. The quantitative estimate of drug-likeness (QED) is 0.278. The summed E-state index contributed by atoms with van der Waals surface area (Å²) in [6, 6.07) is 20.5. The van der Waals surface area contributed by atoms with E-state index in [-0.39, 0.29) is 17.7 Å². The molecule has 0 aliphatic rings. The predicted molar refractivity (Wildman–Crippen MR) is 132 cm³/mol. The second-order valence-corrected chi connectivity index (χ2v) is 7.98. The molecular formula is C26H21BrN2O5. The number of carbonyl (C=O) groups excluding carboxylic acids is 1. The molecule has 0 saturated carbocycles. The Morgan fingerprint density at radius 3 is 2.47 bits per heavy atom. The molecule has 0 fully saturated rings. The van der Waals surface area contributed by atoms with Crippen LogP contribution in [0.1, 0.15) is 28.4 Å². The number of carboxylic acid groups (broad SMARTS) is 1. The van der Waals surface area contributed by atoms with E-state index in [4.69, 9.17) is 14.6 Å². The molecule has 0 spiro atoms. The Balaban J connectivity index is 1.76. The van der Waals surface area contributed by atoms with Gasteiger partial charge in [0.05, 0.1) is 12.2 Å². The lowest BCUT2D eigenvalue weighted by Crippen LogP contribution is -2.13. The van der Waals surface area contributed by atoms with Crippen LogP contribution in [0.25, 0.3) is 6.08 Å². The average Bonchev–Trinajstić information content (AvgIpc) is 2.82. The summed E-state index contributed by atoms with van der Waals surface area (Å²) >= 11 is 3.35. The standard InChI is InChI=1S/C26H21BrN2O5/c1-2-33-24-13-18(12-20(15-28)25(30)29-22-5-3-4-21(27)14-22)8-11-23(24)34-16-17-6-9-19(10-7-17)26(31)32/h3-14H,2,16H2,1H3,(H,29,30)(H,31,32)/b20-12-. The third-order valence-corrected chi connectivity index (χ3v) is 5.11. The summed E-state index contributed by atoms with van der Waals surface area (Å²) in [6.45, 7) is 2.45. The average molecular weight is 521 g/mol. The lowest BCUT2D eigenvalue weighted by molar-refractivity contribution is -0.112. The Morgan fingerprint density at radius 1 is 1.06 bits per heavy atom. The summed E-state index contributed by atoms with van der Waals surface area (Å²) < 4.78 is 12.3. The van der Waals surface area contributed by atoms with Crippen LogP contribution in [0, 0.1) is 11.3 Å². The number of nitrogens with zero attached hydrogens (tertiary/aromatic N) is 1. The summed E-state index contributed by atoms with van der Waals surface area (Å²) in [5, 5.41) is 21.2. The molecule has 2 N–H and O–H groups in total. The Bertz CT molecular complexity index is 1260. The molecule has 0 atom stereocenters. The van der Waals surface area contributed by atoms with Gasteiger partial charge >= 0.3 is 5.97 Å². The molecule has 7 nitrogen and oxygen atoms in total. The van der Waals surface area contributed by atoms with E-state index in [9.17, 15) is 14.9 Å². The number of nitrogens with one attached hydrogen (secondary N) is 1. The third kappa shape index (κ3) is 6.70. The number of amides is 1. The summed E-state index contributed by atoms with van der Waals surface area (Å²) in [6.07, 6.45) is 1.48. The highest BCUT2D eigenvalue weighted by molar-refractivity contribution is 9.10. The number of carbonyl (C=O) groups is 2. The van der Waals surface area contributed by atoms with Crippen molar-refractivity contribution in [1.29, 1.82) is 5.26 Å². The van der Waals surface area contributed by atoms with Crippen molar-refractivity contribution in [2.45, 2.75) is 13.5 Å². The Morgan fingerprint density at radius 2 is 1.82 bits per heavy atom. The van der Waals surface area contributed by atoms with Gasteiger partial charge in [0.1, 0.15) is 18.2 Å². The van der Waals surface area contributed by atoms with Gasteiger partial charge in [0, 0.05) is 10.2 Å². The van der Waals surface area contributed by atoms with Crippen LogP contribution in [-0.2, 0) is 11.4 Å². The maximum Gasteiger partial charge on any atom is 0.335 e. The van der Waals surface area contributed by atoms with Crippen molar-refractivity contribution < 1.29 is 24.2 Å². The van der Waals surface area contributed by atoms with Crippen LogP contribution < -0.4 is 14.8 Å². The molecule has 0 bridgehead atoms. The van der Waals surface area contributed by atoms with Gasteiger partial charge in [-0.05, 0) is 66.6 Å². The van der Waals surface area contributed by atoms with Gasteiger partial charge in [0.25, 0.3) is 5.91 Å². The highest BCUT2D eigenvalue weighted by atomic mass is 79.9. The highest BCUT2D eigenvalue weighted by Gasteiger charge is 2.12. The van der Waals surface area contributed by atoms with Crippen LogP contribution in [0.3, 0.4) is 0 Å². The second-order valence-electron chi connectivity index (χ2n) is 7.06. The number of ether oxygens (including phenoxy) is 2. The Kier molecular flexibility index (Phi) is 8.43. The summed E-state index contributed by atoms with van der Waals surface area (Å²) in [4.78, 5) is 23.5. The maximum atomic E-state index is 12.6. The molecule has 0 unspecified atom stereocenters. The van der Waals surface area contributed by atoms with Crippen LogP contribution in [0.2, 0.25) is 0 Å². The van der Waals surface area contributed by atoms with Crippen molar-refractivity contribution in [2.24, 2.45) is 0 Å². The molecule has 8 heteroatoms. The first kappa shape index (κ1) is 24.6. The molecule has 0 radical (unpaired) electrons. The fraction of sp³-hybridized carbons (Fsp3) is 0.115. The van der Waals surface area contributed by atoms with Crippen LogP contribution >= 0.6 is 15.9 Å². The molecule has 0 heterocycles. The number of aromatic carboxylic acids is 1. The maximum absolute atomic E-state index is 12.6. The van der Waals surface area contributed by atoms with Gasteiger partial charge in [-0.2, -0.15) is 5.26 Å². The lowest BCUT2D eigenvalue weighted by atomic mass is 10.1. The predicted octanol–water partition coefficient (Wildman–Crippen LogP) is 5.67. The van der Waals surface area contributed by atoms with Gasteiger partial charge in [0.2, 0.25) is 0 Å². The van der Waals surface area contributed by atoms with Gasteiger partial charge in [-0.15, -0.1) is 0 Å². The monoisotopic (exact) mass is 520 g/mol. The number of carboxylic acids is 1. The first-order valence-corrected chi connectivity index (χ1v) is 11.1. The van der Waals surface area contributed by atoms with Crippen molar-refractivity contribution in [3.63, 3.8) is 0 Å². The van der Waals surface area contributed by atoms with Gasteiger partial charge < -0.3 is 19.9 Å². The molecule has 3 rings (SSSR count). The minimum absolute atomic E-state index is 0.0605. The van der Waals surface area contributed by atoms with Crippen LogP contribution in [0.5, 0.6) is 11.5 Å². The minimum atomic E-state index is -0.989. The van der Waals surface area contributed by atoms with Gasteiger partial charge in [0.15, 0.2) is 11.5 Å². The van der Waals surface area contributed by atoms with Crippen molar-refractivity contribution in [3.05, 3.63) is 93.5 Å². The number of rotatable bonds is 9. The van der Waals surface area contributed by atoms with Gasteiger partial charge in [-0.3, -0.25) is 4.79 Å². The zero-order valence-corrected chi connectivity index (χ0v) is 19.8. The lowest BCUT2D eigenvalue weighted by Gasteiger charge is -2.13. The number of anilines is 1. The first-order chi connectivity index (χ1) is 16.4. The summed E-state index contributed by atoms with van der Waals surface area (Å²) in [5.74, 6) is -0.568. The molecule has 1 amide bonds. The minimum Gasteiger partial charge on any atom is -0.490 e. The highest BCUT2D eigenvalue weighted by Crippen LogP contribution is 2.30. The van der Waals surface area contributed by atoms with Crippen LogP contribution in [0.4, 0.5) is 5.69 Å². The molecule has 3 aromatic rings. The van der Waals surface area contributed by atoms with E-state index >= 15 is 0 Å². The molecule has 0 aliphatic carbocycles. The van der Waals surface area contributed by atoms with E-state index < -0.39 is 11.9 Å². The molecule has 0 aliphatic heterocycles. The summed E-state index contributed by atoms with van der Waals surface area (Å²) in [7, 11) is 0. The molecule has 34 heavy (non-hydrogen) atoms. The fourth-order valence-corrected chi connectivity index (χ4v) is 3.39. The zero-order chi connectivity index (χ0) is 24.5. The number of hydrogen-bond donors (Lipinski definition) is 2. The van der Waals surface area contributed by atoms with Crippen molar-refractivity contribution in [3.8, 4) is 17.6 Å². The van der Waals surface area contributed by atoms with Crippen LogP contribution in [0.15, 0.2) is 76.8 Å². The van der Waals surface area contributed by atoms with Gasteiger partial charge in [-0.25, -0.2) is 4.79 Å². The van der Waals surface area contributed by atoms with E-state index in [1.165, 1.54) is 18.2 Å². The molecule has 0 aromatic heterocycles. The van der Waals surface area contributed by atoms with E-state index in [0.29, 0.717) is 29.4 Å². The third-order valence-electron chi connectivity index (χ3n) is 4.62. The summed E-state index contributed by atoms with van der Waals surface area (Å²) in [5.41, 5.74) is 2.10. The van der Waals surface area contributed by atoms with Gasteiger partial charge in [-0.1, -0.05) is 40.2 Å². The Labute approximate surface area is 205 Å². The molecule has 3 aromatic carbocycles. The topological polar surface area (TPSA) is 109 Å². The largest absolute Gasteiger partial charge is 0.490 e. The van der Waals surface area contributed by atoms with E-state index in [1.54, 1.807) is 48.5 Å². The normalized spacial score (nSPS) is 10.8. The van der Waals surface area contributed by atoms with Crippen molar-refractivity contribution in [2.75, 3.05) is 11.9 Å². The van der Waals surface area contributed by atoms with E-state index in [1.807, 2.05) is 19.1 Å². The van der Waals surface area contributed by atoms with Crippen molar-refractivity contribution in [1.82, 2.24) is 0 Å². The SMILES string of the molecule is CCOc1cc(/C=C(/C#N)C(=O)Nc2cccc(Br)c2)ccc1OCc1ccc(C(=O)O)cc1. The van der Waals surface area contributed by atoms with Crippen LogP contribution in [-0.4, -0.2) is 23.6 Å². The fourth-order valence-electron chi connectivity index (χ4n) is 2.99. The molecular weight excluding hydrogens is 500 g/mol.